The highest BCUT2D eigenvalue weighted by Crippen LogP contribution is 2.05. The largest absolute Gasteiger partial charge is 0.0988 e. The molecule has 0 N–H and O–H groups in total. The third-order valence-corrected chi connectivity index (χ3v) is 1.52. The second kappa shape index (κ2) is 3.77. The van der Waals surface area contributed by atoms with Gasteiger partial charge in [-0.2, -0.15) is 0 Å². The highest BCUT2D eigenvalue weighted by atomic mass is 13.9. The van der Waals surface area contributed by atoms with E-state index in [1.54, 1.807) is 0 Å². The van der Waals surface area contributed by atoms with E-state index < -0.39 is 0 Å². The smallest absolute Gasteiger partial charge is 0.0254 e. The predicted molar refractivity (Wildman–Crippen MR) is 50.3 cm³/mol. The van der Waals surface area contributed by atoms with Gasteiger partial charge in [0.15, 0.2) is 0 Å². The summed E-state index contributed by atoms with van der Waals surface area (Å²) in [6, 6.07) is 10.2. The van der Waals surface area contributed by atoms with Crippen LogP contribution in [0.25, 0.3) is 6.08 Å². The molecule has 0 saturated carbocycles. The molecule has 0 unspecified atom stereocenters. The lowest BCUT2D eigenvalue weighted by Gasteiger charge is -1.92. The van der Waals surface area contributed by atoms with Crippen LogP contribution < -0.4 is 0 Å². The topological polar surface area (TPSA) is 0 Å². The van der Waals surface area contributed by atoms with Gasteiger partial charge in [-0.05, 0) is 12.5 Å². The van der Waals surface area contributed by atoms with Crippen LogP contribution in [0.1, 0.15) is 12.5 Å². The van der Waals surface area contributed by atoms with Crippen LogP contribution in [0.5, 0.6) is 0 Å². The van der Waals surface area contributed by atoms with Crippen LogP contribution in [-0.2, 0) is 0 Å². The van der Waals surface area contributed by atoms with Crippen molar-refractivity contribution in [2.24, 2.45) is 0 Å². The normalized spacial score (nSPS) is 11.2. The summed E-state index contributed by atoms with van der Waals surface area (Å²) < 4.78 is 0. The van der Waals surface area contributed by atoms with E-state index in [2.05, 4.69) is 24.8 Å². The molecule has 0 saturated heterocycles. The van der Waals surface area contributed by atoms with Crippen molar-refractivity contribution in [3.05, 3.63) is 54.1 Å². The fraction of sp³-hybridized carbons (Fsp3) is 0.0909. The highest BCUT2D eigenvalue weighted by Gasteiger charge is 1.83. The van der Waals surface area contributed by atoms with Crippen LogP contribution in [0.2, 0.25) is 0 Å². The third kappa shape index (κ3) is 2.42. The summed E-state index contributed by atoms with van der Waals surface area (Å²) in [5, 5.41) is 0. The van der Waals surface area contributed by atoms with Gasteiger partial charge in [-0.25, -0.2) is 0 Å². The van der Waals surface area contributed by atoms with Crippen molar-refractivity contribution in [2.75, 3.05) is 0 Å². The minimum atomic E-state index is 1.19. The Bertz CT molecular complexity index is 255. The summed E-state index contributed by atoms with van der Waals surface area (Å²) in [5.41, 5.74) is 2.42. The molecule has 0 aliphatic heterocycles. The summed E-state index contributed by atoms with van der Waals surface area (Å²) in [6.07, 6.45) is 3.96. The molecule has 56 valence electrons. The summed E-state index contributed by atoms with van der Waals surface area (Å²) in [7, 11) is 0. The van der Waals surface area contributed by atoms with E-state index in [4.69, 9.17) is 0 Å². The van der Waals surface area contributed by atoms with Gasteiger partial charge in [0.1, 0.15) is 0 Å². The molecule has 0 aromatic heterocycles. The zero-order valence-corrected chi connectivity index (χ0v) is 6.75. The Labute approximate surface area is 67.9 Å². The zero-order valence-electron chi connectivity index (χ0n) is 6.75. The fourth-order valence-corrected chi connectivity index (χ4v) is 0.871. The molecule has 0 atom stereocenters. The van der Waals surface area contributed by atoms with Crippen molar-refractivity contribution in [1.29, 1.82) is 0 Å². The quantitative estimate of drug-likeness (QED) is 0.559. The molecular weight excluding hydrogens is 132 g/mol. The Balaban J connectivity index is 2.87. The van der Waals surface area contributed by atoms with Gasteiger partial charge in [0.2, 0.25) is 0 Å². The van der Waals surface area contributed by atoms with Crippen LogP contribution >= 0.6 is 0 Å². The Morgan fingerprint density at radius 2 is 1.91 bits per heavy atom. The van der Waals surface area contributed by atoms with E-state index in [0.29, 0.717) is 0 Å². The summed E-state index contributed by atoms with van der Waals surface area (Å²) in [5.74, 6) is 0. The highest BCUT2D eigenvalue weighted by molar-refractivity contribution is 5.54. The van der Waals surface area contributed by atoms with Crippen LogP contribution in [-0.4, -0.2) is 0 Å². The Morgan fingerprint density at radius 3 is 2.45 bits per heavy atom. The number of benzene rings is 1. The number of rotatable bonds is 2. The van der Waals surface area contributed by atoms with E-state index in [0.717, 1.165) is 0 Å². The SMILES string of the molecule is C=C/C(C)=C\c1ccccc1. The Kier molecular flexibility index (Phi) is 2.67. The molecule has 0 amide bonds. The van der Waals surface area contributed by atoms with Gasteiger partial charge in [0.05, 0.1) is 0 Å². The summed E-state index contributed by atoms with van der Waals surface area (Å²) in [6.45, 7) is 5.73. The molecule has 1 aromatic carbocycles. The van der Waals surface area contributed by atoms with Gasteiger partial charge in [0, 0.05) is 0 Å². The Hall–Kier alpha value is -1.30. The molecule has 0 nitrogen and oxygen atoms in total. The van der Waals surface area contributed by atoms with E-state index >= 15 is 0 Å². The first kappa shape index (κ1) is 7.80. The molecule has 0 aliphatic carbocycles. The molecule has 0 radical (unpaired) electrons. The lowest BCUT2D eigenvalue weighted by atomic mass is 10.1. The minimum absolute atomic E-state index is 1.19. The van der Waals surface area contributed by atoms with Gasteiger partial charge in [-0.1, -0.05) is 54.6 Å². The predicted octanol–water partition coefficient (Wildman–Crippen LogP) is 3.28. The van der Waals surface area contributed by atoms with Crippen molar-refractivity contribution in [1.82, 2.24) is 0 Å². The second-order valence-corrected chi connectivity index (χ2v) is 2.50. The number of hydrogen-bond acceptors (Lipinski definition) is 0. The molecular formula is C11H12. The third-order valence-electron chi connectivity index (χ3n) is 1.52. The van der Waals surface area contributed by atoms with E-state index in [-0.39, 0.29) is 0 Å². The van der Waals surface area contributed by atoms with Crippen LogP contribution in [0.3, 0.4) is 0 Å². The maximum Gasteiger partial charge on any atom is -0.0254 e. The van der Waals surface area contributed by atoms with Crippen molar-refractivity contribution >= 4 is 6.08 Å². The fourth-order valence-electron chi connectivity index (χ4n) is 0.871. The minimum Gasteiger partial charge on any atom is -0.0988 e. The molecule has 0 heteroatoms. The lowest BCUT2D eigenvalue weighted by molar-refractivity contribution is 1.55. The lowest BCUT2D eigenvalue weighted by Crippen LogP contribution is -1.70. The van der Waals surface area contributed by atoms with E-state index in [1.807, 2.05) is 31.2 Å². The van der Waals surface area contributed by atoms with E-state index in [1.165, 1.54) is 11.1 Å². The molecule has 0 heterocycles. The number of allylic oxidation sites excluding steroid dienone is 2. The molecule has 0 spiro atoms. The van der Waals surface area contributed by atoms with Gasteiger partial charge in [-0.15, -0.1) is 0 Å². The molecule has 1 rings (SSSR count). The van der Waals surface area contributed by atoms with E-state index in [9.17, 15) is 0 Å². The summed E-state index contributed by atoms with van der Waals surface area (Å²) >= 11 is 0. The molecule has 1 aromatic rings. The summed E-state index contributed by atoms with van der Waals surface area (Å²) in [4.78, 5) is 0. The van der Waals surface area contributed by atoms with Crippen LogP contribution in [0.4, 0.5) is 0 Å². The van der Waals surface area contributed by atoms with Gasteiger partial charge >= 0.3 is 0 Å². The molecule has 0 fully saturated rings. The van der Waals surface area contributed by atoms with Gasteiger partial charge < -0.3 is 0 Å². The first-order valence-corrected chi connectivity index (χ1v) is 3.68. The standard InChI is InChI=1S/C11H12/c1-3-10(2)9-11-7-5-4-6-8-11/h3-9H,1H2,2H3/b10-9-. The van der Waals surface area contributed by atoms with Crippen molar-refractivity contribution < 1.29 is 0 Å². The zero-order chi connectivity index (χ0) is 8.10. The first-order chi connectivity index (χ1) is 5.33. The maximum atomic E-state index is 3.69. The van der Waals surface area contributed by atoms with Crippen molar-refractivity contribution in [2.45, 2.75) is 6.92 Å². The molecule has 0 aliphatic rings. The van der Waals surface area contributed by atoms with Crippen molar-refractivity contribution in [3.8, 4) is 0 Å². The van der Waals surface area contributed by atoms with Gasteiger partial charge in [0.25, 0.3) is 0 Å². The Morgan fingerprint density at radius 1 is 1.27 bits per heavy atom. The second-order valence-electron chi connectivity index (χ2n) is 2.50. The van der Waals surface area contributed by atoms with Crippen LogP contribution in [0, 0.1) is 0 Å². The average Bonchev–Trinajstić information content (AvgIpc) is 2.06. The monoisotopic (exact) mass is 144 g/mol. The number of hydrogen-bond donors (Lipinski definition) is 0. The maximum absolute atomic E-state index is 3.69. The van der Waals surface area contributed by atoms with Crippen molar-refractivity contribution in [3.63, 3.8) is 0 Å². The van der Waals surface area contributed by atoms with Crippen LogP contribution in [0.15, 0.2) is 48.6 Å². The molecule has 0 bridgehead atoms. The molecule has 11 heavy (non-hydrogen) atoms. The average molecular weight is 144 g/mol. The first-order valence-electron chi connectivity index (χ1n) is 3.68. The van der Waals surface area contributed by atoms with Gasteiger partial charge in [-0.3, -0.25) is 0 Å².